The third kappa shape index (κ3) is 6.51. The van der Waals surface area contributed by atoms with Crippen molar-refractivity contribution in [3.05, 3.63) is 130 Å². The fourth-order valence-electron chi connectivity index (χ4n) is 4.62. The normalized spacial score (nSPS) is 13.9. The van der Waals surface area contributed by atoms with E-state index in [-0.39, 0.29) is 17.2 Å². The first kappa shape index (κ1) is 28.6. The standard InChI is InChI=1S/C34H29ClN2O5/c1-2-3-16-39-25-11-7-10-23(18-25)34(38)41-27-14-15-28-31(19-27)42-33(37)29(20-36)32(28)22-9-6-12-26(17-22)40-21-24-8-4-5-13-30(24)35/h4-15,17-19,32H,2-3,16,21,37H2,1H3. The van der Waals surface area contributed by atoms with Crippen LogP contribution in [0, 0.1) is 11.3 Å². The van der Waals surface area contributed by atoms with Crippen LogP contribution in [0.5, 0.6) is 23.0 Å². The number of ether oxygens (including phenoxy) is 4. The number of hydrogen-bond donors (Lipinski definition) is 1. The van der Waals surface area contributed by atoms with Crippen LogP contribution in [0.4, 0.5) is 0 Å². The zero-order valence-electron chi connectivity index (χ0n) is 23.0. The van der Waals surface area contributed by atoms with Crippen molar-refractivity contribution in [2.24, 2.45) is 5.73 Å². The molecule has 212 valence electrons. The van der Waals surface area contributed by atoms with Crippen molar-refractivity contribution in [3.63, 3.8) is 0 Å². The molecule has 1 aliphatic rings. The highest BCUT2D eigenvalue weighted by Crippen LogP contribution is 2.44. The van der Waals surface area contributed by atoms with Gasteiger partial charge < -0.3 is 24.7 Å². The van der Waals surface area contributed by atoms with E-state index in [4.69, 9.17) is 36.3 Å². The summed E-state index contributed by atoms with van der Waals surface area (Å²) in [5, 5.41) is 10.6. The van der Waals surface area contributed by atoms with Crippen molar-refractivity contribution in [2.75, 3.05) is 6.61 Å². The van der Waals surface area contributed by atoms with Crippen LogP contribution < -0.4 is 24.7 Å². The van der Waals surface area contributed by atoms with Gasteiger partial charge in [0.05, 0.1) is 18.1 Å². The number of benzene rings is 4. The van der Waals surface area contributed by atoms with Crippen molar-refractivity contribution in [1.29, 1.82) is 5.26 Å². The molecule has 0 saturated carbocycles. The van der Waals surface area contributed by atoms with Gasteiger partial charge in [-0.25, -0.2) is 4.79 Å². The number of nitrogens with two attached hydrogens (primary N) is 1. The van der Waals surface area contributed by atoms with Gasteiger partial charge in [0, 0.05) is 22.2 Å². The second-order valence-corrected chi connectivity index (χ2v) is 10.1. The number of hydrogen-bond acceptors (Lipinski definition) is 7. The lowest BCUT2D eigenvalue weighted by molar-refractivity contribution is 0.0734. The van der Waals surface area contributed by atoms with Gasteiger partial charge in [0.1, 0.15) is 41.2 Å². The fraction of sp³-hybridized carbons (Fsp3) is 0.176. The van der Waals surface area contributed by atoms with E-state index < -0.39 is 11.9 Å². The largest absolute Gasteiger partial charge is 0.494 e. The molecule has 1 heterocycles. The van der Waals surface area contributed by atoms with Crippen LogP contribution in [0.2, 0.25) is 5.02 Å². The molecule has 0 fully saturated rings. The van der Waals surface area contributed by atoms with E-state index in [0.29, 0.717) is 46.6 Å². The van der Waals surface area contributed by atoms with E-state index in [0.717, 1.165) is 24.0 Å². The average Bonchev–Trinajstić information content (AvgIpc) is 3.00. The lowest BCUT2D eigenvalue weighted by atomic mass is 9.83. The SMILES string of the molecule is CCCCOc1cccc(C(=O)Oc2ccc3c(c2)OC(N)=C(C#N)C3c2cccc(OCc3ccccc3Cl)c2)c1. The predicted octanol–water partition coefficient (Wildman–Crippen LogP) is 7.54. The molecular formula is C34H29ClN2O5. The summed E-state index contributed by atoms with van der Waals surface area (Å²) in [4.78, 5) is 12.9. The molecule has 8 heteroatoms. The molecule has 2 N–H and O–H groups in total. The fourth-order valence-corrected chi connectivity index (χ4v) is 4.81. The maximum absolute atomic E-state index is 12.9. The highest BCUT2D eigenvalue weighted by atomic mass is 35.5. The molecule has 0 aromatic heterocycles. The number of halogens is 1. The van der Waals surface area contributed by atoms with E-state index in [1.54, 1.807) is 42.5 Å². The van der Waals surface area contributed by atoms with Crippen molar-refractivity contribution >= 4 is 17.6 Å². The number of nitrogens with zero attached hydrogens (tertiary/aromatic N) is 1. The Morgan fingerprint density at radius 3 is 2.52 bits per heavy atom. The Kier molecular flexibility index (Phi) is 8.96. The monoisotopic (exact) mass is 580 g/mol. The lowest BCUT2D eigenvalue weighted by Gasteiger charge is -2.27. The van der Waals surface area contributed by atoms with Crippen molar-refractivity contribution in [3.8, 4) is 29.1 Å². The van der Waals surface area contributed by atoms with E-state index in [2.05, 4.69) is 13.0 Å². The summed E-state index contributed by atoms with van der Waals surface area (Å²) < 4.78 is 23.2. The summed E-state index contributed by atoms with van der Waals surface area (Å²) in [5.74, 6) is 0.827. The number of fused-ring (bicyclic) bond motifs is 1. The maximum Gasteiger partial charge on any atom is 0.343 e. The molecule has 7 nitrogen and oxygen atoms in total. The van der Waals surface area contributed by atoms with Gasteiger partial charge in [-0.3, -0.25) is 0 Å². The Balaban J connectivity index is 1.37. The summed E-state index contributed by atoms with van der Waals surface area (Å²) in [6.07, 6.45) is 1.94. The van der Waals surface area contributed by atoms with Crippen LogP contribution in [0.15, 0.2) is 102 Å². The first-order valence-electron chi connectivity index (χ1n) is 13.6. The number of carbonyl (C=O) groups excluding carboxylic acids is 1. The molecule has 0 saturated heterocycles. The predicted molar refractivity (Wildman–Crippen MR) is 160 cm³/mol. The minimum absolute atomic E-state index is 0.0159. The van der Waals surface area contributed by atoms with Crippen LogP contribution in [0.3, 0.4) is 0 Å². The van der Waals surface area contributed by atoms with Gasteiger partial charge in [-0.15, -0.1) is 0 Å². The molecular weight excluding hydrogens is 552 g/mol. The minimum atomic E-state index is -0.534. The third-order valence-corrected chi connectivity index (χ3v) is 7.15. The molecule has 1 unspecified atom stereocenters. The summed E-state index contributed by atoms with van der Waals surface area (Å²) in [7, 11) is 0. The molecule has 5 rings (SSSR count). The van der Waals surface area contributed by atoms with Crippen LogP contribution in [-0.2, 0) is 6.61 Å². The molecule has 0 amide bonds. The molecule has 0 spiro atoms. The number of unbranched alkanes of at least 4 members (excludes halogenated alkanes) is 1. The topological polar surface area (TPSA) is 104 Å². The smallest absolute Gasteiger partial charge is 0.343 e. The lowest BCUT2D eigenvalue weighted by Crippen LogP contribution is -2.21. The van der Waals surface area contributed by atoms with Gasteiger partial charge in [-0.05, 0) is 54.4 Å². The second kappa shape index (κ2) is 13.2. The van der Waals surface area contributed by atoms with Crippen LogP contribution in [0.25, 0.3) is 0 Å². The number of rotatable bonds is 10. The third-order valence-electron chi connectivity index (χ3n) is 6.78. The van der Waals surface area contributed by atoms with E-state index >= 15 is 0 Å². The Labute approximate surface area is 249 Å². The van der Waals surface area contributed by atoms with Gasteiger partial charge in [-0.2, -0.15) is 5.26 Å². The molecule has 0 radical (unpaired) electrons. The minimum Gasteiger partial charge on any atom is -0.494 e. The summed E-state index contributed by atoms with van der Waals surface area (Å²) in [5.41, 5.74) is 9.19. The molecule has 0 aliphatic carbocycles. The van der Waals surface area contributed by atoms with Gasteiger partial charge in [-0.1, -0.05) is 67.4 Å². The highest BCUT2D eigenvalue weighted by molar-refractivity contribution is 6.31. The van der Waals surface area contributed by atoms with Crippen molar-refractivity contribution in [2.45, 2.75) is 32.3 Å². The number of allylic oxidation sites excluding steroid dienone is 1. The molecule has 4 aromatic carbocycles. The molecule has 4 aromatic rings. The highest BCUT2D eigenvalue weighted by Gasteiger charge is 2.31. The summed E-state index contributed by atoms with van der Waals surface area (Å²) >= 11 is 6.28. The van der Waals surface area contributed by atoms with Crippen LogP contribution in [-0.4, -0.2) is 12.6 Å². The quantitative estimate of drug-likeness (QED) is 0.117. The Hall–Kier alpha value is -4.93. The first-order valence-corrected chi connectivity index (χ1v) is 14.0. The molecule has 42 heavy (non-hydrogen) atoms. The zero-order valence-corrected chi connectivity index (χ0v) is 23.8. The van der Waals surface area contributed by atoms with Crippen molar-refractivity contribution in [1.82, 2.24) is 0 Å². The molecule has 1 atom stereocenters. The second-order valence-electron chi connectivity index (χ2n) is 9.70. The summed E-state index contributed by atoms with van der Waals surface area (Å²) in [6, 6.07) is 29.1. The Morgan fingerprint density at radius 1 is 0.952 bits per heavy atom. The van der Waals surface area contributed by atoms with Gasteiger partial charge >= 0.3 is 5.97 Å². The van der Waals surface area contributed by atoms with Gasteiger partial charge in [0.2, 0.25) is 5.88 Å². The molecule has 0 bridgehead atoms. The Bertz CT molecular complexity index is 1680. The zero-order chi connectivity index (χ0) is 29.5. The van der Waals surface area contributed by atoms with Gasteiger partial charge in [0.15, 0.2) is 0 Å². The van der Waals surface area contributed by atoms with E-state index in [9.17, 15) is 10.1 Å². The average molecular weight is 581 g/mol. The number of carbonyl (C=O) groups is 1. The summed E-state index contributed by atoms with van der Waals surface area (Å²) in [6.45, 7) is 2.95. The Morgan fingerprint density at radius 2 is 1.74 bits per heavy atom. The van der Waals surface area contributed by atoms with E-state index in [1.807, 2.05) is 48.5 Å². The van der Waals surface area contributed by atoms with Gasteiger partial charge in [0.25, 0.3) is 0 Å². The van der Waals surface area contributed by atoms with Crippen LogP contribution in [0.1, 0.15) is 52.7 Å². The van der Waals surface area contributed by atoms with Crippen LogP contribution >= 0.6 is 11.6 Å². The number of nitriles is 1. The molecule has 1 aliphatic heterocycles. The maximum atomic E-state index is 12.9. The van der Waals surface area contributed by atoms with E-state index in [1.165, 1.54) is 0 Å². The first-order chi connectivity index (χ1) is 20.5. The van der Waals surface area contributed by atoms with Crippen molar-refractivity contribution < 1.29 is 23.7 Å². The number of esters is 1.